The molecule has 1 aromatic carbocycles. The van der Waals surface area contributed by atoms with Crippen molar-refractivity contribution in [2.45, 2.75) is 51.1 Å². The fourth-order valence-electron chi connectivity index (χ4n) is 3.44. The number of urea groups is 1. The average molecular weight is 386 g/mol. The zero-order chi connectivity index (χ0) is 19.1. The summed E-state index contributed by atoms with van der Waals surface area (Å²) in [5.41, 5.74) is 2.39. The van der Waals surface area contributed by atoms with E-state index in [2.05, 4.69) is 53.2 Å². The maximum absolute atomic E-state index is 12.2. The van der Waals surface area contributed by atoms with E-state index in [1.54, 1.807) is 11.3 Å². The Balaban J connectivity index is 1.57. The molecule has 0 aliphatic heterocycles. The Bertz CT molecular complexity index is 737. The lowest BCUT2D eigenvalue weighted by atomic mass is 10.0. The van der Waals surface area contributed by atoms with Crippen LogP contribution in [0.4, 0.5) is 4.79 Å². The summed E-state index contributed by atoms with van der Waals surface area (Å²) in [4.78, 5) is 25.3. The van der Waals surface area contributed by atoms with Gasteiger partial charge in [0.15, 0.2) is 0 Å². The number of thiophene rings is 1. The highest BCUT2D eigenvalue weighted by molar-refractivity contribution is 7.10. The maximum Gasteiger partial charge on any atom is 0.321 e. The van der Waals surface area contributed by atoms with Crippen LogP contribution in [0.25, 0.3) is 0 Å². The fourth-order valence-corrected chi connectivity index (χ4v) is 4.27. The highest BCUT2D eigenvalue weighted by Crippen LogP contribution is 2.26. The second-order valence-electron chi connectivity index (χ2n) is 6.93. The van der Waals surface area contributed by atoms with Gasteiger partial charge >= 0.3 is 6.03 Å². The minimum Gasteiger partial charge on any atom is -0.335 e. The molecule has 0 bridgehead atoms. The van der Waals surface area contributed by atoms with E-state index in [-0.39, 0.29) is 24.5 Å². The SMILES string of the molecule is CCc1ccc([C@H](NCC(=O)NC(=O)NC2CCCC2)c2cccs2)cc1. The summed E-state index contributed by atoms with van der Waals surface area (Å²) < 4.78 is 0. The summed E-state index contributed by atoms with van der Waals surface area (Å²) in [5.74, 6) is -0.322. The van der Waals surface area contributed by atoms with Crippen LogP contribution in [-0.4, -0.2) is 24.5 Å². The molecule has 0 saturated heterocycles. The summed E-state index contributed by atoms with van der Waals surface area (Å²) >= 11 is 1.65. The molecule has 5 nitrogen and oxygen atoms in total. The monoisotopic (exact) mass is 385 g/mol. The van der Waals surface area contributed by atoms with Gasteiger partial charge in [-0.05, 0) is 41.8 Å². The van der Waals surface area contributed by atoms with Gasteiger partial charge in [0.1, 0.15) is 0 Å². The maximum atomic E-state index is 12.2. The van der Waals surface area contributed by atoms with E-state index in [0.29, 0.717) is 0 Å². The molecule has 6 heteroatoms. The molecule has 1 aliphatic rings. The van der Waals surface area contributed by atoms with Crippen LogP contribution in [0.5, 0.6) is 0 Å². The number of aryl methyl sites for hydroxylation is 1. The molecule has 3 amide bonds. The van der Waals surface area contributed by atoms with E-state index >= 15 is 0 Å². The molecule has 2 aromatic rings. The van der Waals surface area contributed by atoms with Gasteiger partial charge in [-0.3, -0.25) is 15.4 Å². The van der Waals surface area contributed by atoms with E-state index in [1.165, 1.54) is 5.56 Å². The number of hydrogen-bond acceptors (Lipinski definition) is 4. The lowest BCUT2D eigenvalue weighted by Gasteiger charge is -2.18. The van der Waals surface area contributed by atoms with Gasteiger partial charge in [-0.25, -0.2) is 4.79 Å². The van der Waals surface area contributed by atoms with Crippen molar-refractivity contribution in [3.63, 3.8) is 0 Å². The molecule has 27 heavy (non-hydrogen) atoms. The first kappa shape index (κ1) is 19.6. The molecular formula is C21H27N3O2S. The third-order valence-electron chi connectivity index (χ3n) is 4.96. The van der Waals surface area contributed by atoms with Gasteiger partial charge in [0, 0.05) is 10.9 Å². The summed E-state index contributed by atoms with van der Waals surface area (Å²) in [6.07, 6.45) is 5.26. The highest BCUT2D eigenvalue weighted by atomic mass is 32.1. The van der Waals surface area contributed by atoms with Crippen LogP contribution in [0.3, 0.4) is 0 Å². The molecule has 1 atom stereocenters. The molecule has 1 saturated carbocycles. The van der Waals surface area contributed by atoms with Crippen LogP contribution in [0.15, 0.2) is 41.8 Å². The van der Waals surface area contributed by atoms with E-state index in [4.69, 9.17) is 0 Å². The third kappa shape index (κ3) is 5.65. The Morgan fingerprint density at radius 1 is 1.15 bits per heavy atom. The van der Waals surface area contributed by atoms with Crippen LogP contribution in [0, 0.1) is 0 Å². The lowest BCUT2D eigenvalue weighted by molar-refractivity contribution is -0.119. The van der Waals surface area contributed by atoms with Crippen molar-refractivity contribution in [2.75, 3.05) is 6.54 Å². The number of amides is 3. The second-order valence-corrected chi connectivity index (χ2v) is 7.91. The third-order valence-corrected chi connectivity index (χ3v) is 5.90. The highest BCUT2D eigenvalue weighted by Gasteiger charge is 2.20. The Hall–Kier alpha value is -2.18. The molecular weight excluding hydrogens is 358 g/mol. The van der Waals surface area contributed by atoms with Crippen LogP contribution in [0.2, 0.25) is 0 Å². The lowest BCUT2D eigenvalue weighted by Crippen LogP contribution is -2.46. The predicted molar refractivity (Wildman–Crippen MR) is 109 cm³/mol. The molecule has 0 radical (unpaired) electrons. The number of imide groups is 1. The topological polar surface area (TPSA) is 70.2 Å². The smallest absolute Gasteiger partial charge is 0.321 e. The zero-order valence-corrected chi connectivity index (χ0v) is 16.5. The molecule has 3 N–H and O–H groups in total. The van der Waals surface area contributed by atoms with Gasteiger partial charge in [-0.2, -0.15) is 0 Å². The van der Waals surface area contributed by atoms with Crippen LogP contribution < -0.4 is 16.0 Å². The largest absolute Gasteiger partial charge is 0.335 e. The number of carbonyl (C=O) groups excluding carboxylic acids is 2. The standard InChI is InChI=1S/C21H27N3O2S/c1-2-15-9-11-16(12-10-15)20(18-8-5-13-27-18)22-14-19(25)24-21(26)23-17-6-3-4-7-17/h5,8-13,17,20,22H,2-4,6-7,14H2,1H3,(H2,23,24,25,26)/t20-/m0/s1. The average Bonchev–Trinajstić information content (AvgIpc) is 3.36. The Kier molecular flexibility index (Phi) is 7.01. The van der Waals surface area contributed by atoms with Gasteiger partial charge in [-0.1, -0.05) is 50.1 Å². The quantitative estimate of drug-likeness (QED) is 0.680. The van der Waals surface area contributed by atoms with Crippen molar-refractivity contribution in [2.24, 2.45) is 0 Å². The molecule has 1 heterocycles. The molecule has 1 aliphatic carbocycles. The molecule has 0 spiro atoms. The Labute approximate surface area is 164 Å². The first-order chi connectivity index (χ1) is 13.2. The summed E-state index contributed by atoms with van der Waals surface area (Å²) in [5, 5.41) is 10.6. The van der Waals surface area contributed by atoms with Crippen molar-refractivity contribution in [1.82, 2.24) is 16.0 Å². The number of hydrogen-bond donors (Lipinski definition) is 3. The Morgan fingerprint density at radius 2 is 1.89 bits per heavy atom. The van der Waals surface area contributed by atoms with Crippen LogP contribution in [-0.2, 0) is 11.2 Å². The van der Waals surface area contributed by atoms with E-state index in [1.807, 2.05) is 11.4 Å². The summed E-state index contributed by atoms with van der Waals surface area (Å²) in [6.45, 7) is 2.21. The first-order valence-corrected chi connectivity index (χ1v) is 10.5. The van der Waals surface area contributed by atoms with Gasteiger partial charge in [0.25, 0.3) is 0 Å². The van der Waals surface area contributed by atoms with Gasteiger partial charge in [-0.15, -0.1) is 11.3 Å². The summed E-state index contributed by atoms with van der Waals surface area (Å²) in [6, 6.07) is 12.2. The van der Waals surface area contributed by atoms with Crippen LogP contribution in [0.1, 0.15) is 54.7 Å². The molecule has 1 fully saturated rings. The minimum absolute atomic E-state index is 0.0699. The Morgan fingerprint density at radius 3 is 2.52 bits per heavy atom. The number of benzene rings is 1. The van der Waals surface area contributed by atoms with Crippen molar-refractivity contribution >= 4 is 23.3 Å². The number of carbonyl (C=O) groups is 2. The normalized spacial score (nSPS) is 15.4. The van der Waals surface area contributed by atoms with Gasteiger partial charge in [0.05, 0.1) is 12.6 Å². The van der Waals surface area contributed by atoms with Crippen molar-refractivity contribution in [1.29, 1.82) is 0 Å². The minimum atomic E-state index is -0.395. The molecule has 144 valence electrons. The molecule has 1 aromatic heterocycles. The number of rotatable bonds is 7. The molecule has 3 rings (SSSR count). The second kappa shape index (κ2) is 9.67. The van der Waals surface area contributed by atoms with E-state index in [0.717, 1.165) is 42.5 Å². The van der Waals surface area contributed by atoms with Crippen molar-refractivity contribution in [3.8, 4) is 0 Å². The van der Waals surface area contributed by atoms with Crippen molar-refractivity contribution in [3.05, 3.63) is 57.8 Å². The van der Waals surface area contributed by atoms with E-state index < -0.39 is 6.03 Å². The zero-order valence-electron chi connectivity index (χ0n) is 15.7. The van der Waals surface area contributed by atoms with Crippen LogP contribution >= 0.6 is 11.3 Å². The van der Waals surface area contributed by atoms with E-state index in [9.17, 15) is 9.59 Å². The van der Waals surface area contributed by atoms with Crippen molar-refractivity contribution < 1.29 is 9.59 Å². The van der Waals surface area contributed by atoms with Gasteiger partial charge < -0.3 is 5.32 Å². The van der Waals surface area contributed by atoms with Gasteiger partial charge in [0.2, 0.25) is 5.91 Å². The number of nitrogens with one attached hydrogen (secondary N) is 3. The first-order valence-electron chi connectivity index (χ1n) is 9.61. The fraction of sp³-hybridized carbons (Fsp3) is 0.429. The predicted octanol–water partition coefficient (Wildman–Crippen LogP) is 3.76. The molecule has 0 unspecified atom stereocenters. The summed E-state index contributed by atoms with van der Waals surface area (Å²) in [7, 11) is 0.